The quantitative estimate of drug-likeness (QED) is 0.452. The number of esters is 1. The van der Waals surface area contributed by atoms with Crippen LogP contribution in [0.2, 0.25) is 0 Å². The molecular formula is C19H22N2O3S2. The number of rotatable bonds is 4. The molecule has 0 unspecified atom stereocenters. The van der Waals surface area contributed by atoms with Crippen molar-refractivity contribution in [3.8, 4) is 5.69 Å². The van der Waals surface area contributed by atoms with Gasteiger partial charge in [-0.05, 0) is 44.0 Å². The fourth-order valence-electron chi connectivity index (χ4n) is 3.06. The van der Waals surface area contributed by atoms with E-state index in [1.165, 1.54) is 18.9 Å². The van der Waals surface area contributed by atoms with Crippen LogP contribution in [0.5, 0.6) is 0 Å². The molecule has 5 nitrogen and oxygen atoms in total. The van der Waals surface area contributed by atoms with E-state index in [2.05, 4.69) is 13.0 Å². The molecule has 2 aromatic rings. The molecule has 0 saturated carbocycles. The van der Waals surface area contributed by atoms with E-state index in [0.717, 1.165) is 28.9 Å². The smallest absolute Gasteiger partial charge is 0.318 e. The van der Waals surface area contributed by atoms with Gasteiger partial charge in [0, 0.05) is 11.7 Å². The monoisotopic (exact) mass is 390 g/mol. The van der Waals surface area contributed by atoms with Gasteiger partial charge >= 0.3 is 5.97 Å². The highest BCUT2D eigenvalue weighted by Crippen LogP contribution is 2.35. The van der Waals surface area contributed by atoms with Crippen LogP contribution in [-0.2, 0) is 16.0 Å². The predicted molar refractivity (Wildman–Crippen MR) is 106 cm³/mol. The van der Waals surface area contributed by atoms with Crippen molar-refractivity contribution in [1.29, 1.82) is 0 Å². The predicted octanol–water partition coefficient (Wildman–Crippen LogP) is 3.54. The van der Waals surface area contributed by atoms with E-state index in [1.807, 2.05) is 26.0 Å². The van der Waals surface area contributed by atoms with E-state index in [-0.39, 0.29) is 11.5 Å². The van der Waals surface area contributed by atoms with Gasteiger partial charge in [-0.1, -0.05) is 24.8 Å². The first-order chi connectivity index (χ1) is 12.3. The summed E-state index contributed by atoms with van der Waals surface area (Å²) in [7, 11) is 1.37. The van der Waals surface area contributed by atoms with Crippen molar-refractivity contribution in [2.45, 2.75) is 54.7 Å². The number of ether oxygens (including phenoxy) is 1. The number of methoxy groups -OCH3 is 1. The Balaban J connectivity index is 2.19. The second-order valence-electron chi connectivity index (χ2n) is 6.57. The third-order valence-corrected chi connectivity index (χ3v) is 6.41. The topological polar surface area (TPSA) is 61.2 Å². The number of aryl methyl sites for hydroxylation is 2. The van der Waals surface area contributed by atoms with Gasteiger partial charge in [0.25, 0.3) is 5.56 Å². The van der Waals surface area contributed by atoms with Gasteiger partial charge in [-0.15, -0.1) is 11.8 Å². The number of benzene rings is 1. The molecule has 7 heteroatoms. The Morgan fingerprint density at radius 3 is 2.62 bits per heavy atom. The van der Waals surface area contributed by atoms with Crippen molar-refractivity contribution in [2.75, 3.05) is 7.11 Å². The largest absolute Gasteiger partial charge is 0.468 e. The van der Waals surface area contributed by atoms with Crippen LogP contribution in [0.3, 0.4) is 0 Å². The van der Waals surface area contributed by atoms with E-state index >= 15 is 0 Å². The summed E-state index contributed by atoms with van der Waals surface area (Å²) in [5.41, 5.74) is 3.69. The standard InChI is InChI=1S/C19H22N2O3S2/c1-10-6-11(2)8-14(7-10)21-17(22)16-15(9-12(3)25-16)20-19(21)26-13(4)18(23)24-5/h6-8,12-13H,9H2,1-5H3/t12-,13-/m1/s1. The zero-order valence-electron chi connectivity index (χ0n) is 15.5. The van der Waals surface area contributed by atoms with Crippen molar-refractivity contribution in [3.05, 3.63) is 45.4 Å². The Morgan fingerprint density at radius 2 is 2.00 bits per heavy atom. The molecule has 0 saturated heterocycles. The van der Waals surface area contributed by atoms with E-state index in [4.69, 9.17) is 9.72 Å². The second kappa shape index (κ2) is 7.48. The minimum atomic E-state index is -0.450. The number of carbonyl (C=O) groups excluding carboxylic acids is 1. The van der Waals surface area contributed by atoms with Gasteiger partial charge in [-0.3, -0.25) is 14.2 Å². The van der Waals surface area contributed by atoms with Crippen LogP contribution in [0.4, 0.5) is 0 Å². The highest BCUT2D eigenvalue weighted by atomic mass is 32.2. The lowest BCUT2D eigenvalue weighted by atomic mass is 10.1. The molecule has 138 valence electrons. The summed E-state index contributed by atoms with van der Waals surface area (Å²) >= 11 is 2.84. The Morgan fingerprint density at radius 1 is 1.35 bits per heavy atom. The van der Waals surface area contributed by atoms with Gasteiger partial charge in [0.15, 0.2) is 5.16 Å². The summed E-state index contributed by atoms with van der Waals surface area (Å²) < 4.78 is 6.46. The van der Waals surface area contributed by atoms with Crippen molar-refractivity contribution in [2.24, 2.45) is 0 Å². The molecule has 1 aromatic carbocycles. The maximum atomic E-state index is 13.2. The number of hydrogen-bond acceptors (Lipinski definition) is 6. The lowest BCUT2D eigenvalue weighted by Gasteiger charge is -2.16. The fourth-order valence-corrected chi connectivity index (χ4v) is 5.12. The van der Waals surface area contributed by atoms with Gasteiger partial charge in [-0.2, -0.15) is 0 Å². The third kappa shape index (κ3) is 3.69. The van der Waals surface area contributed by atoms with E-state index in [1.54, 1.807) is 23.3 Å². The summed E-state index contributed by atoms with van der Waals surface area (Å²) in [5, 5.41) is 0.413. The number of thioether (sulfide) groups is 2. The number of hydrogen-bond donors (Lipinski definition) is 0. The molecule has 0 bridgehead atoms. The Labute approximate surface area is 161 Å². The van der Waals surface area contributed by atoms with E-state index in [0.29, 0.717) is 15.3 Å². The summed E-state index contributed by atoms with van der Waals surface area (Å²) in [6.45, 7) is 7.86. The summed E-state index contributed by atoms with van der Waals surface area (Å²) in [5.74, 6) is -0.334. The Hall–Kier alpha value is -1.73. The van der Waals surface area contributed by atoms with E-state index in [9.17, 15) is 9.59 Å². The molecule has 1 aliphatic heterocycles. The van der Waals surface area contributed by atoms with Crippen LogP contribution in [0.25, 0.3) is 5.69 Å². The first-order valence-electron chi connectivity index (χ1n) is 8.46. The maximum Gasteiger partial charge on any atom is 0.318 e. The highest BCUT2D eigenvalue weighted by molar-refractivity contribution is 8.00. The zero-order chi connectivity index (χ0) is 19.0. The normalized spacial score (nSPS) is 17.0. The molecule has 2 heterocycles. The van der Waals surface area contributed by atoms with Gasteiger partial charge in [0.2, 0.25) is 0 Å². The molecule has 0 fully saturated rings. The molecular weight excluding hydrogens is 368 g/mol. The fraction of sp³-hybridized carbons (Fsp3) is 0.421. The minimum Gasteiger partial charge on any atom is -0.468 e. The average Bonchev–Trinajstić information content (AvgIpc) is 2.94. The maximum absolute atomic E-state index is 13.2. The van der Waals surface area contributed by atoms with Crippen LogP contribution in [0.1, 0.15) is 30.7 Å². The van der Waals surface area contributed by atoms with Crippen molar-refractivity contribution in [3.63, 3.8) is 0 Å². The first-order valence-corrected chi connectivity index (χ1v) is 10.2. The number of carbonyl (C=O) groups is 1. The van der Waals surface area contributed by atoms with Crippen LogP contribution in [0, 0.1) is 13.8 Å². The lowest BCUT2D eigenvalue weighted by molar-refractivity contribution is -0.139. The van der Waals surface area contributed by atoms with Crippen LogP contribution < -0.4 is 5.56 Å². The molecule has 3 rings (SSSR count). The first kappa shape index (κ1) is 19.0. The SMILES string of the molecule is COC(=O)[C@@H](C)Sc1nc2c(c(=O)n1-c1cc(C)cc(C)c1)S[C@H](C)C2. The third-order valence-electron chi connectivity index (χ3n) is 4.16. The molecule has 1 aromatic heterocycles. The summed E-state index contributed by atoms with van der Waals surface area (Å²) in [6.07, 6.45) is 0.767. The van der Waals surface area contributed by atoms with Crippen LogP contribution >= 0.6 is 23.5 Å². The summed E-state index contributed by atoms with van der Waals surface area (Å²) in [4.78, 5) is 30.6. The molecule has 0 N–H and O–H groups in total. The van der Waals surface area contributed by atoms with Crippen LogP contribution in [-0.4, -0.2) is 33.1 Å². The number of fused-ring (bicyclic) bond motifs is 1. The van der Waals surface area contributed by atoms with Gasteiger partial charge in [-0.25, -0.2) is 4.98 Å². The summed E-state index contributed by atoms with van der Waals surface area (Å²) in [6, 6.07) is 6.01. The molecule has 0 amide bonds. The van der Waals surface area contributed by atoms with Gasteiger partial charge in [0.1, 0.15) is 5.25 Å². The molecule has 1 aliphatic rings. The number of nitrogens with zero attached hydrogens (tertiary/aromatic N) is 2. The van der Waals surface area contributed by atoms with E-state index < -0.39 is 5.25 Å². The second-order valence-corrected chi connectivity index (χ2v) is 9.33. The molecule has 0 radical (unpaired) electrons. The highest BCUT2D eigenvalue weighted by Gasteiger charge is 2.28. The lowest BCUT2D eigenvalue weighted by Crippen LogP contribution is -2.25. The number of aromatic nitrogens is 2. The minimum absolute atomic E-state index is 0.0612. The zero-order valence-corrected chi connectivity index (χ0v) is 17.2. The van der Waals surface area contributed by atoms with Crippen molar-refractivity contribution in [1.82, 2.24) is 9.55 Å². The molecule has 2 atom stereocenters. The van der Waals surface area contributed by atoms with Gasteiger partial charge < -0.3 is 4.74 Å². The average molecular weight is 391 g/mol. The Kier molecular flexibility index (Phi) is 5.48. The van der Waals surface area contributed by atoms with Crippen LogP contribution in [0.15, 0.2) is 33.0 Å². The van der Waals surface area contributed by atoms with Gasteiger partial charge in [0.05, 0.1) is 23.4 Å². The van der Waals surface area contributed by atoms with Crippen molar-refractivity contribution < 1.29 is 9.53 Å². The Bertz CT molecular complexity index is 903. The van der Waals surface area contributed by atoms with Crippen molar-refractivity contribution >= 4 is 29.5 Å². The molecule has 26 heavy (non-hydrogen) atoms. The molecule has 0 aliphatic carbocycles. The molecule has 0 spiro atoms.